The van der Waals surface area contributed by atoms with E-state index >= 15 is 0 Å². The van der Waals surface area contributed by atoms with Crippen molar-refractivity contribution in [2.45, 2.75) is 29.6 Å². The molecular weight excluding hydrogens is 419 g/mol. The van der Waals surface area contributed by atoms with Gasteiger partial charge in [-0.05, 0) is 82.6 Å². The summed E-state index contributed by atoms with van der Waals surface area (Å²) in [6.07, 6.45) is 1.43. The molecule has 1 unspecified atom stereocenters. The smallest absolute Gasteiger partial charge is 0.231 e. The minimum absolute atomic E-state index is 0.0171. The van der Waals surface area contributed by atoms with E-state index in [9.17, 15) is 17.9 Å². The first-order valence-electron chi connectivity index (χ1n) is 9.88. The molecule has 1 aliphatic heterocycles. The van der Waals surface area contributed by atoms with Gasteiger partial charge in [0, 0.05) is 11.3 Å². The van der Waals surface area contributed by atoms with Crippen LogP contribution in [0.2, 0.25) is 0 Å². The molecule has 1 atom stereocenters. The normalized spacial score (nSPS) is 16.7. The quantitative estimate of drug-likeness (QED) is 0.538. The lowest BCUT2D eigenvalue weighted by Gasteiger charge is -2.16. The molecule has 0 aromatic heterocycles. The molecule has 0 amide bonds. The van der Waals surface area contributed by atoms with Crippen LogP contribution in [-0.2, 0) is 27.7 Å². The van der Waals surface area contributed by atoms with Crippen molar-refractivity contribution in [2.24, 2.45) is 0 Å². The van der Waals surface area contributed by atoms with Gasteiger partial charge >= 0.3 is 0 Å². The van der Waals surface area contributed by atoms with Crippen molar-refractivity contribution in [1.82, 2.24) is 0 Å². The van der Waals surface area contributed by atoms with E-state index in [1.165, 1.54) is 18.2 Å². The highest BCUT2D eigenvalue weighted by Crippen LogP contribution is 2.51. The Labute approximate surface area is 181 Å². The van der Waals surface area contributed by atoms with Crippen molar-refractivity contribution in [1.29, 1.82) is 0 Å². The molecule has 1 heterocycles. The number of halogens is 1. The number of fused-ring (bicyclic) bond motifs is 1. The molecule has 3 aromatic rings. The molecule has 1 saturated carbocycles. The van der Waals surface area contributed by atoms with Crippen molar-refractivity contribution in [3.63, 3.8) is 0 Å². The Morgan fingerprint density at radius 2 is 1.68 bits per heavy atom. The molecule has 1 aliphatic carbocycles. The molecule has 3 aromatic carbocycles. The summed E-state index contributed by atoms with van der Waals surface area (Å²) in [7, 11) is 0. The van der Waals surface area contributed by atoms with E-state index in [1.54, 1.807) is 24.3 Å². The molecular formula is C24H18FO5S-. The fourth-order valence-corrected chi connectivity index (χ4v) is 4.40. The summed E-state index contributed by atoms with van der Waals surface area (Å²) in [4.78, 5) is 13.4. The van der Waals surface area contributed by atoms with Gasteiger partial charge in [0.25, 0.3) is 0 Å². The standard InChI is InChI=1S/C24H19FO5S/c25-20-7-3-16(15-1-5-19(6-2-15)31(27)28)11-17(20)12-23(26)24(9-10-24)18-4-8-21-22(13-18)30-14-29-21/h1-8,11,13H,9-10,12,14H2,(H,27,28)/p-1. The van der Waals surface area contributed by atoms with Crippen molar-refractivity contribution < 1.29 is 27.4 Å². The van der Waals surface area contributed by atoms with Gasteiger partial charge in [-0.1, -0.05) is 24.3 Å². The van der Waals surface area contributed by atoms with E-state index in [1.807, 2.05) is 18.2 Å². The van der Waals surface area contributed by atoms with Crippen molar-refractivity contribution in [3.8, 4) is 22.6 Å². The van der Waals surface area contributed by atoms with E-state index in [0.717, 1.165) is 29.5 Å². The Hall–Kier alpha value is -3.03. The lowest BCUT2D eigenvalue weighted by atomic mass is 9.87. The van der Waals surface area contributed by atoms with Crippen LogP contribution in [0.3, 0.4) is 0 Å². The predicted octanol–water partition coefficient (Wildman–Crippen LogP) is 4.30. The second-order valence-electron chi connectivity index (χ2n) is 7.82. The molecule has 0 bridgehead atoms. The molecule has 0 saturated heterocycles. The Morgan fingerprint density at radius 3 is 2.39 bits per heavy atom. The average Bonchev–Trinajstić information content (AvgIpc) is 3.46. The summed E-state index contributed by atoms with van der Waals surface area (Å²) in [5, 5.41) is 0. The maximum absolute atomic E-state index is 14.5. The number of rotatable bonds is 6. The second-order valence-corrected chi connectivity index (χ2v) is 8.76. The molecule has 158 valence electrons. The van der Waals surface area contributed by atoms with Gasteiger partial charge < -0.3 is 14.0 Å². The molecule has 5 rings (SSSR count). The van der Waals surface area contributed by atoms with Crippen LogP contribution in [0.5, 0.6) is 11.5 Å². The summed E-state index contributed by atoms with van der Waals surface area (Å²) in [6.45, 7) is 0.170. The number of carbonyl (C=O) groups is 1. The van der Waals surface area contributed by atoms with Gasteiger partial charge in [0.15, 0.2) is 11.5 Å². The minimum Gasteiger partial charge on any atom is -0.768 e. The lowest BCUT2D eigenvalue weighted by molar-refractivity contribution is -0.120. The fraction of sp³-hybridized carbons (Fsp3) is 0.208. The molecule has 2 aliphatic rings. The van der Waals surface area contributed by atoms with Crippen LogP contribution >= 0.6 is 0 Å². The molecule has 1 fully saturated rings. The number of carbonyl (C=O) groups excluding carboxylic acids is 1. The summed E-state index contributed by atoms with van der Waals surface area (Å²) in [5.74, 6) is 0.833. The van der Waals surface area contributed by atoms with Crippen LogP contribution < -0.4 is 9.47 Å². The first-order chi connectivity index (χ1) is 15.0. The van der Waals surface area contributed by atoms with E-state index in [2.05, 4.69) is 0 Å². The Morgan fingerprint density at radius 1 is 0.968 bits per heavy atom. The number of hydrogen-bond acceptors (Lipinski definition) is 5. The van der Waals surface area contributed by atoms with Crippen molar-refractivity contribution in [2.75, 3.05) is 6.79 Å². The Balaban J connectivity index is 1.40. The van der Waals surface area contributed by atoms with Gasteiger partial charge in [-0.15, -0.1) is 0 Å². The third-order valence-electron chi connectivity index (χ3n) is 5.99. The number of hydrogen-bond donors (Lipinski definition) is 0. The van der Waals surface area contributed by atoms with E-state index in [-0.39, 0.29) is 23.9 Å². The monoisotopic (exact) mass is 437 g/mol. The van der Waals surface area contributed by atoms with Gasteiger partial charge in [0.1, 0.15) is 11.6 Å². The van der Waals surface area contributed by atoms with Gasteiger partial charge in [-0.25, -0.2) is 4.39 Å². The Kier molecular flexibility index (Phi) is 4.87. The second kappa shape index (κ2) is 7.59. The van der Waals surface area contributed by atoms with Crippen molar-refractivity contribution in [3.05, 3.63) is 77.6 Å². The van der Waals surface area contributed by atoms with Crippen LogP contribution in [0.1, 0.15) is 24.0 Å². The maximum atomic E-state index is 14.5. The van der Waals surface area contributed by atoms with Crippen LogP contribution in [0.15, 0.2) is 65.6 Å². The van der Waals surface area contributed by atoms with E-state index in [0.29, 0.717) is 17.1 Å². The van der Waals surface area contributed by atoms with Crippen molar-refractivity contribution >= 4 is 16.9 Å². The molecule has 0 radical (unpaired) electrons. The molecule has 0 N–H and O–H groups in total. The van der Waals surface area contributed by atoms with Crippen LogP contribution in [0, 0.1) is 5.82 Å². The van der Waals surface area contributed by atoms with Gasteiger partial charge in [-0.2, -0.15) is 0 Å². The van der Waals surface area contributed by atoms with Gasteiger partial charge in [-0.3, -0.25) is 9.00 Å². The number of ketones is 1. The molecule has 31 heavy (non-hydrogen) atoms. The van der Waals surface area contributed by atoms with Crippen LogP contribution in [-0.4, -0.2) is 21.3 Å². The van der Waals surface area contributed by atoms with E-state index in [4.69, 9.17) is 9.47 Å². The number of Topliss-reactive ketones (excluding diaryl/α,β-unsaturated/α-hetero) is 1. The SMILES string of the molecule is O=C(Cc1cc(-c2ccc(S(=O)[O-])cc2)ccc1F)C1(c2ccc3c(c2)OCO3)CC1. The highest BCUT2D eigenvalue weighted by molar-refractivity contribution is 7.79. The molecule has 5 nitrogen and oxygen atoms in total. The highest BCUT2D eigenvalue weighted by atomic mass is 32.2. The zero-order valence-electron chi connectivity index (χ0n) is 16.4. The zero-order chi connectivity index (χ0) is 21.6. The van der Waals surface area contributed by atoms with E-state index < -0.39 is 22.3 Å². The average molecular weight is 437 g/mol. The first-order valence-corrected chi connectivity index (χ1v) is 11.0. The number of benzene rings is 3. The zero-order valence-corrected chi connectivity index (χ0v) is 17.2. The first kappa shape index (κ1) is 19.9. The molecule has 7 heteroatoms. The maximum Gasteiger partial charge on any atom is 0.231 e. The van der Waals surface area contributed by atoms with Gasteiger partial charge in [0.05, 0.1) is 5.41 Å². The summed E-state index contributed by atoms with van der Waals surface area (Å²) >= 11 is -2.30. The highest BCUT2D eigenvalue weighted by Gasteiger charge is 2.51. The van der Waals surface area contributed by atoms with Crippen LogP contribution in [0.4, 0.5) is 4.39 Å². The summed E-state index contributed by atoms with van der Waals surface area (Å²) < 4.78 is 47.4. The Bertz CT molecular complexity index is 1200. The van der Waals surface area contributed by atoms with Gasteiger partial charge in [0.2, 0.25) is 6.79 Å². The fourth-order valence-electron chi connectivity index (χ4n) is 4.04. The number of ether oxygens (including phenoxy) is 2. The third kappa shape index (κ3) is 3.64. The summed E-state index contributed by atoms with van der Waals surface area (Å²) in [5.41, 5.74) is 2.06. The predicted molar refractivity (Wildman–Crippen MR) is 111 cm³/mol. The van der Waals surface area contributed by atoms with Crippen LogP contribution in [0.25, 0.3) is 11.1 Å². The third-order valence-corrected chi connectivity index (χ3v) is 6.64. The molecule has 0 spiro atoms. The minimum atomic E-state index is -2.30. The lowest BCUT2D eigenvalue weighted by Crippen LogP contribution is -2.23. The largest absolute Gasteiger partial charge is 0.768 e. The topological polar surface area (TPSA) is 75.7 Å². The summed E-state index contributed by atoms with van der Waals surface area (Å²) in [6, 6.07) is 16.5.